The van der Waals surface area contributed by atoms with Crippen LogP contribution < -0.4 is 10.6 Å². The van der Waals surface area contributed by atoms with Crippen molar-refractivity contribution in [3.63, 3.8) is 0 Å². The molecule has 3 amide bonds. The molecule has 0 atom stereocenters. The molecule has 0 fully saturated rings. The molecular formula is C7H14N2O2. The van der Waals surface area contributed by atoms with E-state index in [0.29, 0.717) is 13.0 Å². The highest BCUT2D eigenvalue weighted by molar-refractivity contribution is 5.94. The summed E-state index contributed by atoms with van der Waals surface area (Å²) < 4.78 is 0. The van der Waals surface area contributed by atoms with Gasteiger partial charge in [0.05, 0.1) is 0 Å². The van der Waals surface area contributed by atoms with Gasteiger partial charge in [-0.1, -0.05) is 13.8 Å². The zero-order valence-electron chi connectivity index (χ0n) is 6.94. The van der Waals surface area contributed by atoms with Crippen LogP contribution in [0.2, 0.25) is 0 Å². The van der Waals surface area contributed by atoms with Crippen molar-refractivity contribution >= 4 is 11.9 Å². The number of hydrogen-bond donors (Lipinski definition) is 2. The van der Waals surface area contributed by atoms with Gasteiger partial charge in [0.1, 0.15) is 0 Å². The van der Waals surface area contributed by atoms with Crippen LogP contribution in [0.3, 0.4) is 0 Å². The van der Waals surface area contributed by atoms with Crippen molar-refractivity contribution in [3.05, 3.63) is 0 Å². The highest BCUT2D eigenvalue weighted by atomic mass is 16.2. The highest BCUT2D eigenvalue weighted by Crippen LogP contribution is 1.75. The van der Waals surface area contributed by atoms with Crippen LogP contribution in [-0.4, -0.2) is 18.5 Å². The second-order valence-electron chi connectivity index (χ2n) is 2.16. The summed E-state index contributed by atoms with van der Waals surface area (Å²) in [4.78, 5) is 21.3. The number of hydrogen-bond acceptors (Lipinski definition) is 2. The molecule has 11 heavy (non-hydrogen) atoms. The van der Waals surface area contributed by atoms with Gasteiger partial charge in [-0.2, -0.15) is 0 Å². The largest absolute Gasteiger partial charge is 0.338 e. The monoisotopic (exact) mass is 158 g/mol. The Hall–Kier alpha value is -1.06. The second-order valence-corrected chi connectivity index (χ2v) is 2.16. The lowest BCUT2D eigenvalue weighted by atomic mass is 10.4. The van der Waals surface area contributed by atoms with Gasteiger partial charge in [-0.25, -0.2) is 4.79 Å². The smallest absolute Gasteiger partial charge is 0.321 e. The molecule has 0 saturated heterocycles. The van der Waals surface area contributed by atoms with E-state index >= 15 is 0 Å². The average molecular weight is 158 g/mol. The first-order valence-corrected chi connectivity index (χ1v) is 3.78. The molecule has 0 radical (unpaired) electrons. The van der Waals surface area contributed by atoms with E-state index in [1.54, 1.807) is 6.92 Å². The molecule has 0 rings (SSSR count). The van der Waals surface area contributed by atoms with Crippen molar-refractivity contribution in [3.8, 4) is 0 Å². The normalized spacial score (nSPS) is 8.91. The Bertz CT molecular complexity index is 145. The Balaban J connectivity index is 3.44. The van der Waals surface area contributed by atoms with E-state index in [1.165, 1.54) is 0 Å². The number of carbonyl (C=O) groups excluding carboxylic acids is 2. The summed E-state index contributed by atoms with van der Waals surface area (Å²) in [5, 5.41) is 4.70. The lowest BCUT2D eigenvalue weighted by molar-refractivity contribution is -0.119. The molecule has 4 nitrogen and oxygen atoms in total. The number of carbonyl (C=O) groups is 2. The van der Waals surface area contributed by atoms with Gasteiger partial charge in [-0.3, -0.25) is 10.1 Å². The molecule has 0 saturated carbocycles. The SMILES string of the molecule is CCCNC(=O)NC(=O)CC. The fourth-order valence-corrected chi connectivity index (χ4v) is 0.498. The molecule has 0 aromatic carbocycles. The van der Waals surface area contributed by atoms with Gasteiger partial charge in [0.2, 0.25) is 5.91 Å². The molecule has 0 aliphatic heterocycles. The first-order chi connectivity index (χ1) is 5.20. The fraction of sp³-hybridized carbons (Fsp3) is 0.714. The van der Waals surface area contributed by atoms with Crippen molar-refractivity contribution in [1.82, 2.24) is 10.6 Å². The molecule has 0 spiro atoms. The van der Waals surface area contributed by atoms with Crippen LogP contribution in [0, 0.1) is 0 Å². The highest BCUT2D eigenvalue weighted by Gasteiger charge is 2.02. The van der Waals surface area contributed by atoms with Crippen LogP contribution in [0.15, 0.2) is 0 Å². The Morgan fingerprint density at radius 2 is 1.91 bits per heavy atom. The number of amides is 3. The average Bonchev–Trinajstić information content (AvgIpc) is 2.00. The summed E-state index contributed by atoms with van der Waals surface area (Å²) in [5.74, 6) is -0.251. The van der Waals surface area contributed by atoms with Crippen LogP contribution >= 0.6 is 0 Å². The quantitative estimate of drug-likeness (QED) is 0.633. The van der Waals surface area contributed by atoms with Gasteiger partial charge in [0.25, 0.3) is 0 Å². The van der Waals surface area contributed by atoms with Gasteiger partial charge in [0.15, 0.2) is 0 Å². The summed E-state index contributed by atoms with van der Waals surface area (Å²) in [6.07, 6.45) is 1.20. The van der Waals surface area contributed by atoms with E-state index in [-0.39, 0.29) is 5.91 Å². The summed E-state index contributed by atoms with van der Waals surface area (Å²) in [7, 11) is 0. The Labute approximate surface area is 66.4 Å². The maximum absolute atomic E-state index is 10.7. The standard InChI is InChI=1S/C7H14N2O2/c1-3-5-8-7(11)9-6(10)4-2/h3-5H2,1-2H3,(H2,8,9,10,11). The first kappa shape index (κ1) is 9.94. The van der Waals surface area contributed by atoms with Crippen molar-refractivity contribution in [2.24, 2.45) is 0 Å². The maximum atomic E-state index is 10.7. The number of nitrogens with one attached hydrogen (secondary N) is 2. The van der Waals surface area contributed by atoms with Crippen LogP contribution in [0.1, 0.15) is 26.7 Å². The van der Waals surface area contributed by atoms with Gasteiger partial charge >= 0.3 is 6.03 Å². The molecule has 64 valence electrons. The molecule has 0 heterocycles. The maximum Gasteiger partial charge on any atom is 0.321 e. The zero-order valence-corrected chi connectivity index (χ0v) is 6.94. The molecule has 0 aromatic heterocycles. The molecule has 0 bridgehead atoms. The van der Waals surface area contributed by atoms with Gasteiger partial charge in [0, 0.05) is 13.0 Å². The number of imide groups is 1. The molecule has 0 unspecified atom stereocenters. The van der Waals surface area contributed by atoms with E-state index in [2.05, 4.69) is 10.6 Å². The van der Waals surface area contributed by atoms with Crippen molar-refractivity contribution in [1.29, 1.82) is 0 Å². The minimum absolute atomic E-state index is 0.251. The predicted molar refractivity (Wildman–Crippen MR) is 42.1 cm³/mol. The predicted octanol–water partition coefficient (Wildman–Crippen LogP) is 0.632. The lowest BCUT2D eigenvalue weighted by Gasteiger charge is -2.02. The van der Waals surface area contributed by atoms with Crippen LogP contribution in [0.25, 0.3) is 0 Å². The first-order valence-electron chi connectivity index (χ1n) is 3.78. The third-order valence-electron chi connectivity index (χ3n) is 1.11. The number of urea groups is 1. The van der Waals surface area contributed by atoms with E-state index in [1.807, 2.05) is 6.92 Å². The van der Waals surface area contributed by atoms with E-state index < -0.39 is 6.03 Å². The summed E-state index contributed by atoms with van der Waals surface area (Å²) in [6.45, 7) is 4.24. The van der Waals surface area contributed by atoms with Crippen LogP contribution in [0.4, 0.5) is 4.79 Å². The summed E-state index contributed by atoms with van der Waals surface area (Å²) >= 11 is 0. The number of rotatable bonds is 3. The third kappa shape index (κ3) is 5.39. The van der Waals surface area contributed by atoms with Crippen molar-refractivity contribution in [2.75, 3.05) is 6.54 Å². The summed E-state index contributed by atoms with van der Waals surface area (Å²) in [6, 6.07) is -0.404. The molecule has 0 aliphatic carbocycles. The van der Waals surface area contributed by atoms with Gasteiger partial charge < -0.3 is 5.32 Å². The van der Waals surface area contributed by atoms with Crippen LogP contribution in [0.5, 0.6) is 0 Å². The zero-order chi connectivity index (χ0) is 8.69. The van der Waals surface area contributed by atoms with Gasteiger partial charge in [-0.15, -0.1) is 0 Å². The Kier molecular flexibility index (Phi) is 5.15. The molecule has 2 N–H and O–H groups in total. The lowest BCUT2D eigenvalue weighted by Crippen LogP contribution is -2.39. The molecular weight excluding hydrogens is 144 g/mol. The topological polar surface area (TPSA) is 58.2 Å². The van der Waals surface area contributed by atoms with Gasteiger partial charge in [-0.05, 0) is 6.42 Å². The minimum atomic E-state index is -0.404. The Morgan fingerprint density at radius 1 is 1.27 bits per heavy atom. The van der Waals surface area contributed by atoms with Crippen molar-refractivity contribution in [2.45, 2.75) is 26.7 Å². The molecule has 0 aromatic rings. The van der Waals surface area contributed by atoms with E-state index in [0.717, 1.165) is 6.42 Å². The van der Waals surface area contributed by atoms with Crippen molar-refractivity contribution < 1.29 is 9.59 Å². The van der Waals surface area contributed by atoms with E-state index in [9.17, 15) is 9.59 Å². The molecule has 0 aliphatic rings. The minimum Gasteiger partial charge on any atom is -0.338 e. The van der Waals surface area contributed by atoms with E-state index in [4.69, 9.17) is 0 Å². The summed E-state index contributed by atoms with van der Waals surface area (Å²) in [5.41, 5.74) is 0. The molecule has 4 heteroatoms. The fourth-order valence-electron chi connectivity index (χ4n) is 0.498. The third-order valence-corrected chi connectivity index (χ3v) is 1.11. The Morgan fingerprint density at radius 3 is 2.36 bits per heavy atom. The van der Waals surface area contributed by atoms with Crippen LogP contribution in [-0.2, 0) is 4.79 Å². The second kappa shape index (κ2) is 5.70.